The van der Waals surface area contributed by atoms with Gasteiger partial charge < -0.3 is 0 Å². The first kappa shape index (κ1) is 7.24. The van der Waals surface area contributed by atoms with Crippen LogP contribution in [0.3, 0.4) is 0 Å². The minimum Gasteiger partial charge on any atom is -0.296 e. The predicted molar refractivity (Wildman–Crippen MR) is 43.4 cm³/mol. The van der Waals surface area contributed by atoms with Crippen molar-refractivity contribution >= 4 is 23.5 Å². The van der Waals surface area contributed by atoms with E-state index in [2.05, 4.69) is 10.1 Å². The van der Waals surface area contributed by atoms with Crippen molar-refractivity contribution in [2.45, 2.75) is 0 Å². The highest BCUT2D eigenvalue weighted by Gasteiger charge is 2.00. The van der Waals surface area contributed by atoms with Gasteiger partial charge in [-0.2, -0.15) is 5.10 Å². The Kier molecular flexibility index (Phi) is 1.55. The van der Waals surface area contributed by atoms with Gasteiger partial charge in [0.05, 0.1) is 6.20 Å². The van der Waals surface area contributed by atoms with Crippen molar-refractivity contribution in [2.75, 3.05) is 0 Å². The lowest BCUT2D eigenvalue weighted by Gasteiger charge is -1.89. The fraction of sp³-hybridized carbons (Fsp3) is 0. The standard InChI is InChI=1S/C7H4ClN3O/c8-6-1-2-7-9-5(4-12)3-11(7)10-6/h1-4H. The Morgan fingerprint density at radius 3 is 3.08 bits per heavy atom. The van der Waals surface area contributed by atoms with E-state index in [4.69, 9.17) is 11.6 Å². The average molecular weight is 182 g/mol. The van der Waals surface area contributed by atoms with Crippen molar-refractivity contribution < 1.29 is 4.79 Å². The van der Waals surface area contributed by atoms with Crippen LogP contribution in [0.25, 0.3) is 5.65 Å². The molecule has 0 aliphatic rings. The van der Waals surface area contributed by atoms with Gasteiger partial charge in [0.15, 0.2) is 11.9 Å². The smallest absolute Gasteiger partial charge is 0.170 e. The molecule has 0 saturated heterocycles. The third-order valence-corrected chi connectivity index (χ3v) is 1.63. The lowest BCUT2D eigenvalue weighted by molar-refractivity contribution is 0.111. The van der Waals surface area contributed by atoms with Crippen LogP contribution in [0, 0.1) is 0 Å². The van der Waals surface area contributed by atoms with Crippen molar-refractivity contribution in [2.24, 2.45) is 0 Å². The van der Waals surface area contributed by atoms with Gasteiger partial charge in [-0.25, -0.2) is 9.50 Å². The maximum absolute atomic E-state index is 10.3. The second-order valence-corrected chi connectivity index (χ2v) is 2.63. The van der Waals surface area contributed by atoms with Crippen LogP contribution in [-0.2, 0) is 0 Å². The summed E-state index contributed by atoms with van der Waals surface area (Å²) in [5.74, 6) is 0. The number of fused-ring (bicyclic) bond motifs is 1. The number of carbonyl (C=O) groups excluding carboxylic acids is 1. The van der Waals surface area contributed by atoms with E-state index in [1.807, 2.05) is 0 Å². The summed E-state index contributed by atoms with van der Waals surface area (Å²) in [6, 6.07) is 3.32. The van der Waals surface area contributed by atoms with E-state index in [1.54, 1.807) is 12.1 Å². The molecule has 0 aliphatic heterocycles. The van der Waals surface area contributed by atoms with Gasteiger partial charge in [0.2, 0.25) is 0 Å². The van der Waals surface area contributed by atoms with Gasteiger partial charge in [-0.1, -0.05) is 11.6 Å². The van der Waals surface area contributed by atoms with Crippen molar-refractivity contribution in [1.29, 1.82) is 0 Å². The second kappa shape index (κ2) is 2.57. The number of carbonyl (C=O) groups is 1. The van der Waals surface area contributed by atoms with Crippen molar-refractivity contribution in [3.63, 3.8) is 0 Å². The van der Waals surface area contributed by atoms with Crippen LogP contribution in [-0.4, -0.2) is 20.9 Å². The van der Waals surface area contributed by atoms with Crippen LogP contribution >= 0.6 is 11.6 Å². The molecule has 0 N–H and O–H groups in total. The van der Waals surface area contributed by atoms with Gasteiger partial charge in [0.25, 0.3) is 0 Å². The summed E-state index contributed by atoms with van der Waals surface area (Å²) in [6.45, 7) is 0. The molecule has 12 heavy (non-hydrogen) atoms. The Morgan fingerprint density at radius 1 is 1.50 bits per heavy atom. The Bertz CT molecular complexity index is 437. The highest BCUT2D eigenvalue weighted by atomic mass is 35.5. The molecule has 0 unspecified atom stereocenters. The first-order valence-electron chi connectivity index (χ1n) is 3.27. The molecule has 0 radical (unpaired) electrons. The van der Waals surface area contributed by atoms with Crippen LogP contribution < -0.4 is 0 Å². The molecule has 2 heterocycles. The minimum atomic E-state index is 0.352. The number of hydrogen-bond acceptors (Lipinski definition) is 3. The molecule has 2 aromatic heterocycles. The lowest BCUT2D eigenvalue weighted by atomic mass is 10.5. The van der Waals surface area contributed by atoms with E-state index in [9.17, 15) is 4.79 Å². The summed E-state index contributed by atoms with van der Waals surface area (Å²) in [5, 5.41) is 4.28. The quantitative estimate of drug-likeness (QED) is 0.621. The lowest BCUT2D eigenvalue weighted by Crippen LogP contribution is -1.88. The van der Waals surface area contributed by atoms with E-state index < -0.39 is 0 Å². The Hall–Kier alpha value is -1.42. The van der Waals surface area contributed by atoms with E-state index in [1.165, 1.54) is 10.7 Å². The Balaban J connectivity index is 2.75. The van der Waals surface area contributed by atoms with Crippen LogP contribution in [0.5, 0.6) is 0 Å². The normalized spacial score (nSPS) is 10.4. The Labute approximate surface area is 72.8 Å². The predicted octanol–water partition coefficient (Wildman–Crippen LogP) is 1.20. The third-order valence-electron chi connectivity index (χ3n) is 1.43. The van der Waals surface area contributed by atoms with Crippen LogP contribution in [0.4, 0.5) is 0 Å². The zero-order chi connectivity index (χ0) is 8.55. The maximum Gasteiger partial charge on any atom is 0.170 e. The zero-order valence-electron chi connectivity index (χ0n) is 5.94. The molecule has 0 saturated carbocycles. The number of rotatable bonds is 1. The molecule has 0 spiro atoms. The van der Waals surface area contributed by atoms with Gasteiger partial charge in [0, 0.05) is 0 Å². The number of imidazole rings is 1. The van der Waals surface area contributed by atoms with Crippen LogP contribution in [0.1, 0.15) is 10.5 Å². The minimum absolute atomic E-state index is 0.352. The first-order chi connectivity index (χ1) is 5.79. The number of aromatic nitrogens is 3. The molecular weight excluding hydrogens is 178 g/mol. The van der Waals surface area contributed by atoms with Crippen molar-refractivity contribution in [3.05, 3.63) is 29.2 Å². The highest BCUT2D eigenvalue weighted by Crippen LogP contribution is 2.06. The zero-order valence-corrected chi connectivity index (χ0v) is 6.69. The van der Waals surface area contributed by atoms with E-state index in [0.29, 0.717) is 22.8 Å². The molecule has 0 atom stereocenters. The molecule has 2 rings (SSSR count). The summed E-state index contributed by atoms with van der Waals surface area (Å²) in [4.78, 5) is 14.3. The number of halogens is 1. The van der Waals surface area contributed by atoms with Crippen LogP contribution in [0.15, 0.2) is 18.3 Å². The monoisotopic (exact) mass is 181 g/mol. The van der Waals surface area contributed by atoms with Gasteiger partial charge in [-0.05, 0) is 12.1 Å². The van der Waals surface area contributed by atoms with E-state index in [0.717, 1.165) is 0 Å². The Morgan fingerprint density at radius 2 is 2.33 bits per heavy atom. The highest BCUT2D eigenvalue weighted by molar-refractivity contribution is 6.29. The number of hydrogen-bond donors (Lipinski definition) is 0. The molecule has 0 fully saturated rings. The van der Waals surface area contributed by atoms with Gasteiger partial charge in [-0.15, -0.1) is 0 Å². The largest absolute Gasteiger partial charge is 0.296 e. The molecule has 0 amide bonds. The van der Waals surface area contributed by atoms with E-state index >= 15 is 0 Å². The molecule has 2 aromatic rings. The number of aldehydes is 1. The number of nitrogens with zero attached hydrogens (tertiary/aromatic N) is 3. The summed E-state index contributed by atoms with van der Waals surface area (Å²) in [6.07, 6.45) is 2.19. The SMILES string of the molecule is O=Cc1cn2nc(Cl)ccc2n1. The average Bonchev–Trinajstić information content (AvgIpc) is 2.46. The summed E-state index contributed by atoms with van der Waals surface area (Å²) in [5.41, 5.74) is 0.964. The molecule has 5 heteroatoms. The summed E-state index contributed by atoms with van der Waals surface area (Å²) in [7, 11) is 0. The summed E-state index contributed by atoms with van der Waals surface area (Å²) < 4.78 is 1.46. The molecule has 4 nitrogen and oxygen atoms in total. The fourth-order valence-electron chi connectivity index (χ4n) is 0.934. The molecule has 0 bridgehead atoms. The van der Waals surface area contributed by atoms with E-state index in [-0.39, 0.29) is 0 Å². The second-order valence-electron chi connectivity index (χ2n) is 2.24. The van der Waals surface area contributed by atoms with Gasteiger partial charge >= 0.3 is 0 Å². The van der Waals surface area contributed by atoms with Crippen molar-refractivity contribution in [3.8, 4) is 0 Å². The van der Waals surface area contributed by atoms with Crippen molar-refractivity contribution in [1.82, 2.24) is 14.6 Å². The maximum atomic E-state index is 10.3. The molecule has 0 aromatic carbocycles. The van der Waals surface area contributed by atoms with Crippen LogP contribution in [0.2, 0.25) is 5.15 Å². The molecule has 60 valence electrons. The molecular formula is C7H4ClN3O. The first-order valence-corrected chi connectivity index (χ1v) is 3.64. The topological polar surface area (TPSA) is 47.3 Å². The summed E-state index contributed by atoms with van der Waals surface area (Å²) >= 11 is 5.62. The fourth-order valence-corrected chi connectivity index (χ4v) is 1.08. The van der Waals surface area contributed by atoms with Gasteiger partial charge in [0.1, 0.15) is 10.8 Å². The third kappa shape index (κ3) is 1.06. The molecule has 0 aliphatic carbocycles. The van der Waals surface area contributed by atoms with Gasteiger partial charge in [-0.3, -0.25) is 4.79 Å².